The second-order valence-corrected chi connectivity index (χ2v) is 5.95. The molecule has 0 unspecified atom stereocenters. The summed E-state index contributed by atoms with van der Waals surface area (Å²) < 4.78 is 0.243. The van der Waals surface area contributed by atoms with E-state index < -0.39 is 0 Å². The summed E-state index contributed by atoms with van der Waals surface area (Å²) in [6.07, 6.45) is 1.76. The van der Waals surface area contributed by atoms with E-state index in [9.17, 15) is 4.79 Å². The van der Waals surface area contributed by atoms with E-state index in [2.05, 4.69) is 19.2 Å². The number of rotatable bonds is 3. The SMILES string of the molecule is CC(C)NC(=O)[C@H]1[C@@H](C=C(Cl)Cl)C1(C)C. The summed E-state index contributed by atoms with van der Waals surface area (Å²) in [7, 11) is 0. The molecule has 86 valence electrons. The van der Waals surface area contributed by atoms with E-state index >= 15 is 0 Å². The molecule has 0 aromatic carbocycles. The molecule has 0 radical (unpaired) electrons. The zero-order valence-electron chi connectivity index (χ0n) is 9.47. The van der Waals surface area contributed by atoms with Crippen molar-refractivity contribution in [3.8, 4) is 0 Å². The number of nitrogens with one attached hydrogen (secondary N) is 1. The van der Waals surface area contributed by atoms with Crippen LogP contribution in [0.3, 0.4) is 0 Å². The molecule has 0 spiro atoms. The van der Waals surface area contributed by atoms with Crippen molar-refractivity contribution in [1.82, 2.24) is 5.32 Å². The van der Waals surface area contributed by atoms with Crippen LogP contribution >= 0.6 is 23.2 Å². The molecule has 0 saturated heterocycles. The highest BCUT2D eigenvalue weighted by Crippen LogP contribution is 2.59. The summed E-state index contributed by atoms with van der Waals surface area (Å²) >= 11 is 11.2. The standard InChI is InChI=1S/C11H17Cl2NO/c1-6(2)14-10(15)9-7(5-8(12)13)11(9,3)4/h5-7,9H,1-4H3,(H,14,15)/t7-,9-/m1/s1. The number of allylic oxidation sites excluding steroid dienone is 1. The van der Waals surface area contributed by atoms with Crippen LogP contribution in [0.5, 0.6) is 0 Å². The topological polar surface area (TPSA) is 29.1 Å². The van der Waals surface area contributed by atoms with E-state index in [1.54, 1.807) is 6.08 Å². The zero-order valence-corrected chi connectivity index (χ0v) is 11.0. The molecule has 0 aliphatic heterocycles. The lowest BCUT2D eigenvalue weighted by Gasteiger charge is -2.08. The largest absolute Gasteiger partial charge is 0.354 e. The fourth-order valence-corrected chi connectivity index (χ4v) is 2.27. The summed E-state index contributed by atoms with van der Waals surface area (Å²) in [6.45, 7) is 8.00. The first-order valence-electron chi connectivity index (χ1n) is 5.10. The number of hydrogen-bond acceptors (Lipinski definition) is 1. The van der Waals surface area contributed by atoms with E-state index in [1.807, 2.05) is 13.8 Å². The number of hydrogen-bond donors (Lipinski definition) is 1. The fraction of sp³-hybridized carbons (Fsp3) is 0.727. The Morgan fingerprint density at radius 1 is 1.40 bits per heavy atom. The maximum absolute atomic E-state index is 11.8. The molecular weight excluding hydrogens is 233 g/mol. The molecule has 1 aliphatic carbocycles. The van der Waals surface area contributed by atoms with Gasteiger partial charge in [-0.05, 0) is 31.3 Å². The smallest absolute Gasteiger partial charge is 0.224 e. The van der Waals surface area contributed by atoms with Crippen molar-refractivity contribution >= 4 is 29.1 Å². The van der Waals surface area contributed by atoms with Crippen LogP contribution in [-0.4, -0.2) is 11.9 Å². The summed E-state index contributed by atoms with van der Waals surface area (Å²) in [4.78, 5) is 11.8. The van der Waals surface area contributed by atoms with Gasteiger partial charge < -0.3 is 5.32 Å². The summed E-state index contributed by atoms with van der Waals surface area (Å²) in [5.74, 6) is 0.236. The Morgan fingerprint density at radius 3 is 2.33 bits per heavy atom. The number of carbonyl (C=O) groups excluding carboxylic acids is 1. The summed E-state index contributed by atoms with van der Waals surface area (Å²) in [5, 5.41) is 2.91. The molecule has 1 saturated carbocycles. The second-order valence-electron chi connectivity index (χ2n) is 4.94. The van der Waals surface area contributed by atoms with Crippen LogP contribution in [0.25, 0.3) is 0 Å². The van der Waals surface area contributed by atoms with Crippen molar-refractivity contribution in [2.24, 2.45) is 17.3 Å². The third kappa shape index (κ3) is 2.88. The Hall–Kier alpha value is -0.210. The highest BCUT2D eigenvalue weighted by atomic mass is 35.5. The second kappa shape index (κ2) is 4.34. The number of carbonyl (C=O) groups is 1. The minimum atomic E-state index is -0.0337. The van der Waals surface area contributed by atoms with Gasteiger partial charge in [-0.2, -0.15) is 0 Å². The summed E-state index contributed by atoms with van der Waals surface area (Å²) in [6, 6.07) is 0.171. The predicted molar refractivity (Wildman–Crippen MR) is 63.8 cm³/mol. The highest BCUT2D eigenvalue weighted by Gasteiger charge is 2.60. The average Bonchev–Trinajstić information content (AvgIpc) is 2.49. The Balaban J connectivity index is 2.66. The first-order chi connectivity index (χ1) is 6.76. The van der Waals surface area contributed by atoms with Crippen LogP contribution < -0.4 is 5.32 Å². The highest BCUT2D eigenvalue weighted by molar-refractivity contribution is 6.55. The molecule has 1 N–H and O–H groups in total. The molecule has 0 heterocycles. The monoisotopic (exact) mass is 249 g/mol. The van der Waals surface area contributed by atoms with Crippen LogP contribution in [0.4, 0.5) is 0 Å². The van der Waals surface area contributed by atoms with Gasteiger partial charge >= 0.3 is 0 Å². The molecule has 2 atom stereocenters. The molecule has 2 nitrogen and oxygen atoms in total. The molecule has 1 aliphatic rings. The van der Waals surface area contributed by atoms with E-state index in [0.29, 0.717) is 0 Å². The van der Waals surface area contributed by atoms with Gasteiger partial charge in [0.05, 0.1) is 5.92 Å². The normalized spacial score (nSPS) is 27.4. The molecule has 4 heteroatoms. The third-order valence-corrected chi connectivity index (χ3v) is 3.18. The van der Waals surface area contributed by atoms with E-state index in [-0.39, 0.29) is 33.7 Å². The van der Waals surface area contributed by atoms with Gasteiger partial charge in [-0.3, -0.25) is 4.79 Å². The van der Waals surface area contributed by atoms with E-state index in [0.717, 1.165) is 0 Å². The lowest BCUT2D eigenvalue weighted by Crippen LogP contribution is -2.32. The Labute approximate surface area is 101 Å². The van der Waals surface area contributed by atoms with E-state index in [1.165, 1.54) is 0 Å². The summed E-state index contributed by atoms with van der Waals surface area (Å²) in [5.41, 5.74) is -0.0337. The van der Waals surface area contributed by atoms with Gasteiger partial charge in [0, 0.05) is 6.04 Å². The quantitative estimate of drug-likeness (QED) is 0.819. The van der Waals surface area contributed by atoms with Crippen molar-refractivity contribution in [3.63, 3.8) is 0 Å². The van der Waals surface area contributed by atoms with Gasteiger partial charge in [0.15, 0.2) is 0 Å². The van der Waals surface area contributed by atoms with Crippen LogP contribution in [0.15, 0.2) is 10.6 Å². The predicted octanol–water partition coefficient (Wildman–Crippen LogP) is 3.10. The third-order valence-electron chi connectivity index (χ3n) is 2.93. The van der Waals surface area contributed by atoms with Gasteiger partial charge in [-0.15, -0.1) is 0 Å². The van der Waals surface area contributed by atoms with Crippen LogP contribution in [-0.2, 0) is 4.79 Å². The van der Waals surface area contributed by atoms with Gasteiger partial charge in [-0.1, -0.05) is 37.0 Å². The van der Waals surface area contributed by atoms with Crippen molar-refractivity contribution in [3.05, 3.63) is 10.6 Å². The lowest BCUT2D eigenvalue weighted by atomic mass is 10.1. The van der Waals surface area contributed by atoms with Crippen molar-refractivity contribution in [2.45, 2.75) is 33.7 Å². The number of amides is 1. The molecule has 0 aromatic rings. The minimum absolute atomic E-state index is 0.00704. The Bertz CT molecular complexity index is 293. The van der Waals surface area contributed by atoms with Crippen LogP contribution in [0, 0.1) is 17.3 Å². The van der Waals surface area contributed by atoms with Gasteiger partial charge in [0.25, 0.3) is 0 Å². The maximum atomic E-state index is 11.8. The first-order valence-corrected chi connectivity index (χ1v) is 5.85. The van der Waals surface area contributed by atoms with Gasteiger partial charge in [0.1, 0.15) is 4.49 Å². The molecule has 15 heavy (non-hydrogen) atoms. The lowest BCUT2D eigenvalue weighted by molar-refractivity contribution is -0.123. The average molecular weight is 250 g/mol. The molecule has 0 aromatic heterocycles. The Kier molecular flexibility index (Phi) is 3.72. The van der Waals surface area contributed by atoms with Gasteiger partial charge in [0.2, 0.25) is 5.91 Å². The van der Waals surface area contributed by atoms with Gasteiger partial charge in [-0.25, -0.2) is 0 Å². The van der Waals surface area contributed by atoms with E-state index in [4.69, 9.17) is 23.2 Å². The maximum Gasteiger partial charge on any atom is 0.224 e. The van der Waals surface area contributed by atoms with Crippen LogP contribution in [0.1, 0.15) is 27.7 Å². The van der Waals surface area contributed by atoms with Crippen molar-refractivity contribution < 1.29 is 4.79 Å². The first kappa shape index (κ1) is 12.9. The molecular formula is C11H17Cl2NO. The van der Waals surface area contributed by atoms with Crippen molar-refractivity contribution in [2.75, 3.05) is 0 Å². The minimum Gasteiger partial charge on any atom is -0.354 e. The number of halogens is 2. The zero-order chi connectivity index (χ0) is 11.8. The molecule has 0 bridgehead atoms. The fourth-order valence-electron chi connectivity index (χ4n) is 2.00. The Morgan fingerprint density at radius 2 is 1.93 bits per heavy atom. The van der Waals surface area contributed by atoms with Crippen LogP contribution in [0.2, 0.25) is 0 Å². The molecule has 1 amide bonds. The molecule has 1 rings (SSSR count). The molecule has 1 fully saturated rings. The van der Waals surface area contributed by atoms with Crippen molar-refractivity contribution in [1.29, 1.82) is 0 Å².